The normalized spacial score (nSPS) is 20.8. The first-order chi connectivity index (χ1) is 7.77. The topological polar surface area (TPSA) is 29.5 Å². The van der Waals surface area contributed by atoms with E-state index in [0.717, 1.165) is 6.42 Å². The molecule has 86 valence electrons. The Balaban J connectivity index is 2.04. The third-order valence-corrected chi connectivity index (χ3v) is 2.98. The van der Waals surface area contributed by atoms with Gasteiger partial charge in [0, 0.05) is 6.54 Å². The largest absolute Gasteiger partial charge is 0.377 e. The van der Waals surface area contributed by atoms with Crippen LogP contribution in [0, 0.1) is 0 Å². The van der Waals surface area contributed by atoms with E-state index in [1.807, 2.05) is 30.3 Å². The summed E-state index contributed by atoms with van der Waals surface area (Å²) in [6.07, 6.45) is 0.791. The summed E-state index contributed by atoms with van der Waals surface area (Å²) >= 11 is 5.55. The predicted octanol–water partition coefficient (Wildman–Crippen LogP) is 2.29. The van der Waals surface area contributed by atoms with E-state index in [-0.39, 0.29) is 11.4 Å². The van der Waals surface area contributed by atoms with Crippen LogP contribution in [0.1, 0.15) is 5.56 Å². The van der Waals surface area contributed by atoms with Crippen LogP contribution in [0.2, 0.25) is 0 Å². The monoisotopic (exact) mass is 239 g/mol. The minimum Gasteiger partial charge on any atom is -0.377 e. The summed E-state index contributed by atoms with van der Waals surface area (Å²) in [6, 6.07) is 10.1. The van der Waals surface area contributed by atoms with Crippen LogP contribution in [0.15, 0.2) is 30.3 Å². The number of ether oxygens (including phenoxy) is 1. The van der Waals surface area contributed by atoms with Gasteiger partial charge >= 0.3 is 5.37 Å². The highest BCUT2D eigenvalue weighted by molar-refractivity contribution is 6.62. The Morgan fingerprint density at radius 3 is 2.88 bits per heavy atom. The summed E-state index contributed by atoms with van der Waals surface area (Å²) in [5, 5.41) is -0.385. The summed E-state index contributed by atoms with van der Waals surface area (Å²) in [5.41, 5.74) is 1.20. The van der Waals surface area contributed by atoms with Crippen LogP contribution >= 0.6 is 11.6 Å². The lowest BCUT2D eigenvalue weighted by molar-refractivity contribution is 0.0182. The highest BCUT2D eigenvalue weighted by atomic mass is 35.5. The van der Waals surface area contributed by atoms with Gasteiger partial charge in [-0.15, -0.1) is 0 Å². The van der Waals surface area contributed by atoms with Gasteiger partial charge in [-0.2, -0.15) is 0 Å². The maximum absolute atomic E-state index is 11.2. The smallest absolute Gasteiger partial charge is 0.316 e. The van der Waals surface area contributed by atoms with Crippen molar-refractivity contribution in [2.75, 3.05) is 19.8 Å². The van der Waals surface area contributed by atoms with Crippen molar-refractivity contribution in [1.82, 2.24) is 4.90 Å². The molecule has 0 radical (unpaired) electrons. The van der Waals surface area contributed by atoms with E-state index in [1.54, 1.807) is 4.90 Å². The molecule has 16 heavy (non-hydrogen) atoms. The van der Waals surface area contributed by atoms with Gasteiger partial charge in [0.1, 0.15) is 0 Å². The van der Waals surface area contributed by atoms with Crippen molar-refractivity contribution < 1.29 is 9.53 Å². The minimum atomic E-state index is -0.385. The molecule has 1 atom stereocenters. The van der Waals surface area contributed by atoms with Crippen LogP contribution in [-0.4, -0.2) is 36.1 Å². The Labute approximate surface area is 100.0 Å². The number of halogens is 1. The zero-order chi connectivity index (χ0) is 11.4. The van der Waals surface area contributed by atoms with E-state index >= 15 is 0 Å². The molecular weight excluding hydrogens is 226 g/mol. The van der Waals surface area contributed by atoms with Crippen LogP contribution in [0.5, 0.6) is 0 Å². The highest BCUT2D eigenvalue weighted by Gasteiger charge is 2.26. The average Bonchev–Trinajstić information content (AvgIpc) is 2.31. The Morgan fingerprint density at radius 1 is 1.44 bits per heavy atom. The fourth-order valence-corrected chi connectivity index (χ4v) is 2.16. The standard InChI is InChI=1S/C12H14ClNO2/c13-12(15)14-6-7-16-9-11(14)8-10-4-2-1-3-5-10/h1-5,11H,6-9H2. The molecule has 1 saturated heterocycles. The second kappa shape index (κ2) is 5.32. The van der Waals surface area contributed by atoms with Crippen LogP contribution < -0.4 is 0 Å². The number of hydrogen-bond donors (Lipinski definition) is 0. The lowest BCUT2D eigenvalue weighted by atomic mass is 10.0. The van der Waals surface area contributed by atoms with E-state index in [9.17, 15) is 4.79 Å². The summed E-state index contributed by atoms with van der Waals surface area (Å²) in [4.78, 5) is 12.9. The quantitative estimate of drug-likeness (QED) is 0.586. The van der Waals surface area contributed by atoms with Crippen molar-refractivity contribution in [1.29, 1.82) is 0 Å². The molecule has 0 N–H and O–H groups in total. The molecule has 3 nitrogen and oxygen atoms in total. The number of nitrogens with zero attached hydrogens (tertiary/aromatic N) is 1. The third-order valence-electron chi connectivity index (χ3n) is 2.77. The molecule has 0 aliphatic carbocycles. The fourth-order valence-electron chi connectivity index (χ4n) is 1.94. The number of carbonyl (C=O) groups excluding carboxylic acids is 1. The van der Waals surface area contributed by atoms with Crippen LogP contribution in [-0.2, 0) is 11.2 Å². The van der Waals surface area contributed by atoms with Crippen LogP contribution in [0.3, 0.4) is 0 Å². The number of rotatable bonds is 2. The molecule has 1 heterocycles. The maximum atomic E-state index is 11.2. The first-order valence-electron chi connectivity index (χ1n) is 5.35. The Bertz CT molecular complexity index is 355. The van der Waals surface area contributed by atoms with E-state index < -0.39 is 0 Å². The summed E-state index contributed by atoms with van der Waals surface area (Å²) in [6.45, 7) is 1.72. The summed E-state index contributed by atoms with van der Waals surface area (Å²) in [5.74, 6) is 0. The van der Waals surface area contributed by atoms with Gasteiger partial charge in [0.05, 0.1) is 19.3 Å². The SMILES string of the molecule is O=C(Cl)N1CCOCC1Cc1ccccc1. The van der Waals surface area contributed by atoms with Crippen molar-refractivity contribution in [2.45, 2.75) is 12.5 Å². The molecule has 1 unspecified atom stereocenters. The molecule has 0 bridgehead atoms. The molecular formula is C12H14ClNO2. The van der Waals surface area contributed by atoms with Gasteiger partial charge in [0.25, 0.3) is 0 Å². The first kappa shape index (κ1) is 11.4. The summed E-state index contributed by atoms with van der Waals surface area (Å²) in [7, 11) is 0. The van der Waals surface area contributed by atoms with Gasteiger partial charge in [-0.25, -0.2) is 0 Å². The van der Waals surface area contributed by atoms with Crippen molar-refractivity contribution in [3.05, 3.63) is 35.9 Å². The van der Waals surface area contributed by atoms with E-state index in [1.165, 1.54) is 5.56 Å². The maximum Gasteiger partial charge on any atom is 0.316 e. The number of carbonyl (C=O) groups is 1. The lowest BCUT2D eigenvalue weighted by Crippen LogP contribution is -2.47. The molecule has 1 aromatic rings. The first-order valence-corrected chi connectivity index (χ1v) is 5.73. The van der Waals surface area contributed by atoms with Gasteiger partial charge in [-0.1, -0.05) is 30.3 Å². The van der Waals surface area contributed by atoms with E-state index in [0.29, 0.717) is 19.8 Å². The van der Waals surface area contributed by atoms with Gasteiger partial charge in [-0.3, -0.25) is 4.79 Å². The zero-order valence-corrected chi connectivity index (χ0v) is 9.69. The average molecular weight is 240 g/mol. The summed E-state index contributed by atoms with van der Waals surface area (Å²) < 4.78 is 5.38. The van der Waals surface area contributed by atoms with Gasteiger partial charge in [0.2, 0.25) is 0 Å². The second-order valence-electron chi connectivity index (χ2n) is 3.86. The molecule has 1 fully saturated rings. The van der Waals surface area contributed by atoms with Crippen LogP contribution in [0.25, 0.3) is 0 Å². The van der Waals surface area contributed by atoms with Crippen molar-refractivity contribution in [2.24, 2.45) is 0 Å². The molecule has 1 aliphatic heterocycles. The number of morpholine rings is 1. The van der Waals surface area contributed by atoms with Gasteiger partial charge < -0.3 is 9.64 Å². The van der Waals surface area contributed by atoms with Crippen LogP contribution in [0.4, 0.5) is 4.79 Å². The lowest BCUT2D eigenvalue weighted by Gasteiger charge is -2.34. The van der Waals surface area contributed by atoms with E-state index in [4.69, 9.17) is 16.3 Å². The molecule has 1 amide bonds. The fraction of sp³-hybridized carbons (Fsp3) is 0.417. The molecule has 4 heteroatoms. The zero-order valence-electron chi connectivity index (χ0n) is 8.93. The molecule has 2 rings (SSSR count). The Morgan fingerprint density at radius 2 is 2.19 bits per heavy atom. The molecule has 0 aromatic heterocycles. The van der Waals surface area contributed by atoms with Gasteiger partial charge in [0.15, 0.2) is 0 Å². The molecule has 0 spiro atoms. The predicted molar refractivity (Wildman–Crippen MR) is 62.7 cm³/mol. The van der Waals surface area contributed by atoms with Crippen molar-refractivity contribution in [3.8, 4) is 0 Å². The van der Waals surface area contributed by atoms with E-state index in [2.05, 4.69) is 0 Å². The minimum absolute atomic E-state index is 0.0566. The highest BCUT2D eigenvalue weighted by Crippen LogP contribution is 2.15. The number of amides is 1. The number of hydrogen-bond acceptors (Lipinski definition) is 2. The van der Waals surface area contributed by atoms with Gasteiger partial charge in [-0.05, 0) is 23.6 Å². The Kier molecular flexibility index (Phi) is 3.80. The third kappa shape index (κ3) is 2.74. The van der Waals surface area contributed by atoms with Crippen molar-refractivity contribution >= 4 is 17.0 Å². The molecule has 0 saturated carbocycles. The number of benzene rings is 1. The molecule has 1 aromatic carbocycles. The van der Waals surface area contributed by atoms with Crippen molar-refractivity contribution in [3.63, 3.8) is 0 Å². The molecule has 1 aliphatic rings. The Hall–Kier alpha value is -1.06. The second-order valence-corrected chi connectivity index (χ2v) is 4.19.